The number of ketones is 1. The number of carbonyl (C=O) groups is 3. The Bertz CT molecular complexity index is 1250. The lowest BCUT2D eigenvalue weighted by Crippen LogP contribution is -2.43. The zero-order chi connectivity index (χ0) is 26.7. The normalized spacial score (nSPS) is 21.4. The Morgan fingerprint density at radius 2 is 1.76 bits per heavy atom. The van der Waals surface area contributed by atoms with Crippen molar-refractivity contribution in [2.75, 3.05) is 13.2 Å². The molecule has 1 aliphatic carbocycles. The molecule has 0 spiro atoms. The molecule has 0 amide bonds. The molecule has 37 heavy (non-hydrogen) atoms. The van der Waals surface area contributed by atoms with Crippen molar-refractivity contribution in [2.45, 2.75) is 51.9 Å². The topological polar surface area (TPSA) is 81.7 Å². The van der Waals surface area contributed by atoms with Gasteiger partial charge in [0.05, 0.1) is 24.7 Å². The smallest absolute Gasteiger partial charge is 0.336 e. The number of hydrogen-bond acceptors (Lipinski definition) is 7. The van der Waals surface area contributed by atoms with Crippen LogP contribution in [0.3, 0.4) is 0 Å². The molecule has 0 saturated heterocycles. The molecule has 1 aliphatic heterocycles. The highest BCUT2D eigenvalue weighted by atomic mass is 35.5. The van der Waals surface area contributed by atoms with Crippen LogP contribution < -0.4 is 5.32 Å². The Labute approximate surface area is 230 Å². The summed E-state index contributed by atoms with van der Waals surface area (Å²) in [6, 6.07) is 8.90. The Morgan fingerprint density at radius 1 is 1.05 bits per heavy atom. The summed E-state index contributed by atoms with van der Waals surface area (Å²) in [5.74, 6) is -3.86. The van der Waals surface area contributed by atoms with Crippen molar-refractivity contribution < 1.29 is 23.9 Å². The van der Waals surface area contributed by atoms with Crippen molar-refractivity contribution in [3.63, 3.8) is 0 Å². The highest BCUT2D eigenvalue weighted by Crippen LogP contribution is 2.51. The standard InChI is InChI=1S/C28H29Cl2NO5S/c1-4-9-18-24(28(34)36-6-3)25(22-16(29)10-7-11-17(22)30)23-19(31-18)14-15(20-12-8-13-37-20)21(26(23)32)27(33)35-5-2/h7-8,10-13,15,21,25,31H,4-6,9,14H2,1-3H3/t15-,21+,25+/m0/s1. The van der Waals surface area contributed by atoms with Crippen molar-refractivity contribution >= 4 is 52.3 Å². The first-order chi connectivity index (χ1) is 17.8. The van der Waals surface area contributed by atoms with Crippen molar-refractivity contribution in [3.05, 3.63) is 78.7 Å². The maximum absolute atomic E-state index is 14.3. The van der Waals surface area contributed by atoms with Crippen molar-refractivity contribution in [1.29, 1.82) is 0 Å². The number of ether oxygens (including phenoxy) is 2. The van der Waals surface area contributed by atoms with E-state index in [0.29, 0.717) is 51.0 Å². The third kappa shape index (κ3) is 5.22. The predicted octanol–water partition coefficient (Wildman–Crippen LogP) is 6.55. The van der Waals surface area contributed by atoms with Crippen LogP contribution in [0, 0.1) is 5.92 Å². The van der Waals surface area contributed by atoms with Crippen LogP contribution in [0.25, 0.3) is 0 Å². The molecule has 1 aromatic heterocycles. The molecule has 0 bridgehead atoms. The molecule has 1 N–H and O–H groups in total. The van der Waals surface area contributed by atoms with Gasteiger partial charge >= 0.3 is 11.9 Å². The molecular formula is C28H29Cl2NO5S. The molecule has 0 unspecified atom stereocenters. The lowest BCUT2D eigenvalue weighted by Gasteiger charge is -2.40. The maximum Gasteiger partial charge on any atom is 0.336 e. The Hall–Kier alpha value is -2.61. The molecule has 196 valence electrons. The number of Topliss-reactive ketones (excluding diaryl/α,β-unsaturated/α-hetero) is 1. The van der Waals surface area contributed by atoms with E-state index in [1.165, 1.54) is 11.3 Å². The molecule has 4 rings (SSSR count). The van der Waals surface area contributed by atoms with Gasteiger partial charge < -0.3 is 14.8 Å². The summed E-state index contributed by atoms with van der Waals surface area (Å²) in [6.45, 7) is 5.76. The predicted molar refractivity (Wildman–Crippen MR) is 145 cm³/mol. The number of nitrogens with one attached hydrogen (secondary N) is 1. The van der Waals surface area contributed by atoms with Gasteiger partial charge in [0.25, 0.3) is 0 Å². The molecular weight excluding hydrogens is 533 g/mol. The molecule has 0 saturated carbocycles. The maximum atomic E-state index is 14.3. The van der Waals surface area contributed by atoms with E-state index in [1.54, 1.807) is 32.0 Å². The minimum Gasteiger partial charge on any atom is -0.465 e. The third-order valence-electron chi connectivity index (χ3n) is 6.64. The highest BCUT2D eigenvalue weighted by Gasteiger charge is 2.50. The second kappa shape index (κ2) is 11.8. The van der Waals surface area contributed by atoms with E-state index >= 15 is 0 Å². The minimum absolute atomic E-state index is 0.151. The molecule has 9 heteroatoms. The van der Waals surface area contributed by atoms with Gasteiger partial charge in [0.15, 0.2) is 5.78 Å². The zero-order valence-corrected chi connectivity index (χ0v) is 23.3. The zero-order valence-electron chi connectivity index (χ0n) is 20.9. The fraction of sp³-hybridized carbons (Fsp3) is 0.393. The summed E-state index contributed by atoms with van der Waals surface area (Å²) in [7, 11) is 0. The molecule has 0 fully saturated rings. The first-order valence-corrected chi connectivity index (χ1v) is 14.1. The van der Waals surface area contributed by atoms with Crippen LogP contribution in [0.4, 0.5) is 0 Å². The Kier molecular flexibility index (Phi) is 8.78. The Morgan fingerprint density at radius 3 is 2.35 bits per heavy atom. The summed E-state index contributed by atoms with van der Waals surface area (Å²) in [5.41, 5.74) is 2.39. The minimum atomic E-state index is -1.06. The number of thiophene rings is 1. The average Bonchev–Trinajstić information content (AvgIpc) is 3.39. The largest absolute Gasteiger partial charge is 0.465 e. The van der Waals surface area contributed by atoms with Crippen LogP contribution in [0.2, 0.25) is 10.0 Å². The second-order valence-corrected chi connectivity index (χ2v) is 10.7. The molecule has 2 aliphatic rings. The van der Waals surface area contributed by atoms with E-state index in [1.807, 2.05) is 24.4 Å². The number of halogens is 2. The summed E-state index contributed by atoms with van der Waals surface area (Å²) >= 11 is 14.8. The fourth-order valence-corrected chi connectivity index (χ4v) is 6.67. The van der Waals surface area contributed by atoms with E-state index in [9.17, 15) is 14.4 Å². The molecule has 6 nitrogen and oxygen atoms in total. The lowest BCUT2D eigenvalue weighted by molar-refractivity contribution is -0.152. The lowest BCUT2D eigenvalue weighted by atomic mass is 9.68. The second-order valence-electron chi connectivity index (χ2n) is 8.87. The van der Waals surface area contributed by atoms with Gasteiger partial charge in [-0.25, -0.2) is 4.79 Å². The van der Waals surface area contributed by atoms with Crippen LogP contribution in [0.5, 0.6) is 0 Å². The number of hydrogen-bond donors (Lipinski definition) is 1. The summed E-state index contributed by atoms with van der Waals surface area (Å²) < 4.78 is 10.8. The number of esters is 2. The molecule has 0 radical (unpaired) electrons. The van der Waals surface area contributed by atoms with E-state index in [2.05, 4.69) is 5.32 Å². The van der Waals surface area contributed by atoms with Gasteiger partial charge in [-0.3, -0.25) is 9.59 Å². The molecule has 1 aromatic carbocycles. The van der Waals surface area contributed by atoms with Crippen LogP contribution in [-0.2, 0) is 23.9 Å². The SMILES string of the molecule is CCCC1=C(C(=O)OCC)[C@H](c2c(Cl)cccc2Cl)C2=C(C[C@@H](c3cccs3)[C@@H](C(=O)OCC)C2=O)N1. The number of dihydropyridines is 1. The quantitative estimate of drug-likeness (QED) is 0.290. The van der Waals surface area contributed by atoms with Gasteiger partial charge in [-0.15, -0.1) is 11.3 Å². The summed E-state index contributed by atoms with van der Waals surface area (Å²) in [6.07, 6.45) is 1.71. The highest BCUT2D eigenvalue weighted by molar-refractivity contribution is 7.10. The van der Waals surface area contributed by atoms with Crippen molar-refractivity contribution in [3.8, 4) is 0 Å². The van der Waals surface area contributed by atoms with Crippen LogP contribution in [0.15, 0.2) is 58.3 Å². The van der Waals surface area contributed by atoms with Gasteiger partial charge in [-0.05, 0) is 50.3 Å². The first-order valence-electron chi connectivity index (χ1n) is 12.4. The molecule has 2 heterocycles. The number of carbonyl (C=O) groups excluding carboxylic acids is 3. The molecule has 2 aromatic rings. The number of benzene rings is 1. The van der Waals surface area contributed by atoms with Gasteiger partial charge in [-0.2, -0.15) is 0 Å². The average molecular weight is 563 g/mol. The van der Waals surface area contributed by atoms with E-state index in [4.69, 9.17) is 32.7 Å². The van der Waals surface area contributed by atoms with E-state index < -0.39 is 35.5 Å². The summed E-state index contributed by atoms with van der Waals surface area (Å²) in [5, 5.41) is 5.97. The monoisotopic (exact) mass is 561 g/mol. The Balaban J connectivity index is 1.97. The van der Waals surface area contributed by atoms with E-state index in [0.717, 1.165) is 11.3 Å². The van der Waals surface area contributed by atoms with Crippen LogP contribution >= 0.6 is 34.5 Å². The van der Waals surface area contributed by atoms with Gasteiger partial charge in [0.2, 0.25) is 0 Å². The molecule has 3 atom stereocenters. The van der Waals surface area contributed by atoms with Crippen LogP contribution in [0.1, 0.15) is 62.3 Å². The number of rotatable bonds is 8. The van der Waals surface area contributed by atoms with E-state index in [-0.39, 0.29) is 13.2 Å². The van der Waals surface area contributed by atoms with Gasteiger partial charge in [0, 0.05) is 43.4 Å². The van der Waals surface area contributed by atoms with Crippen LogP contribution in [-0.4, -0.2) is 30.9 Å². The van der Waals surface area contributed by atoms with Crippen molar-refractivity contribution in [1.82, 2.24) is 5.32 Å². The first kappa shape index (κ1) is 27.4. The summed E-state index contributed by atoms with van der Waals surface area (Å²) in [4.78, 5) is 41.9. The fourth-order valence-electron chi connectivity index (χ4n) is 5.19. The van der Waals surface area contributed by atoms with Gasteiger partial charge in [-0.1, -0.05) is 48.7 Å². The van der Waals surface area contributed by atoms with Gasteiger partial charge in [0.1, 0.15) is 5.92 Å². The third-order valence-corrected chi connectivity index (χ3v) is 8.30. The van der Waals surface area contributed by atoms with Crippen molar-refractivity contribution in [2.24, 2.45) is 5.92 Å². The number of allylic oxidation sites excluding steroid dienone is 3.